The minimum Gasteiger partial charge on any atom is -0.310 e. The van der Waals surface area contributed by atoms with E-state index in [1.807, 2.05) is 12.2 Å². The Morgan fingerprint density at radius 1 is 0.364 bits per heavy atom. The lowest BCUT2D eigenvalue weighted by Crippen LogP contribution is -2.13. The van der Waals surface area contributed by atoms with Crippen molar-refractivity contribution in [2.45, 2.75) is 0 Å². The zero-order valence-corrected chi connectivity index (χ0v) is 24.5. The molecule has 0 radical (unpaired) electrons. The third-order valence-electron chi connectivity index (χ3n) is 8.14. The van der Waals surface area contributed by atoms with Crippen LogP contribution in [0, 0.1) is 0 Å². The molecule has 2 heteroatoms. The number of benzene rings is 7. The van der Waals surface area contributed by atoms with E-state index in [2.05, 4.69) is 181 Å². The molecule has 0 unspecified atom stereocenters. The van der Waals surface area contributed by atoms with Gasteiger partial charge in [-0.3, -0.25) is 0 Å². The summed E-state index contributed by atoms with van der Waals surface area (Å²) < 4.78 is 0. The molecule has 0 bridgehead atoms. The van der Waals surface area contributed by atoms with Crippen LogP contribution in [0.4, 0.5) is 34.1 Å². The molecule has 0 fully saturated rings. The summed E-state index contributed by atoms with van der Waals surface area (Å²) in [5.74, 6) is 0. The molecule has 7 aromatic carbocycles. The van der Waals surface area contributed by atoms with Crippen molar-refractivity contribution in [3.8, 4) is 0 Å². The Morgan fingerprint density at radius 3 is 1.18 bits per heavy atom. The summed E-state index contributed by atoms with van der Waals surface area (Å²) in [5.41, 5.74) is 8.72. The van der Waals surface area contributed by atoms with E-state index in [9.17, 15) is 0 Å². The molecule has 7 aromatic rings. The Bertz CT molecular complexity index is 1950. The standard InChI is InChI=1S/C42H32N2/c1-3-31-22-26-35(27-23-31)43(41-20-9-14-33-12-5-7-18-39(33)41)37-16-11-17-38(30-37)44(36-28-24-32(4-2)25-29-36)42-21-10-15-34-13-6-8-19-40(34)42/h3-30H,1-2H2. The fraction of sp³-hybridized carbons (Fsp3) is 0. The van der Waals surface area contributed by atoms with Crippen molar-refractivity contribution in [2.75, 3.05) is 9.80 Å². The second-order valence-electron chi connectivity index (χ2n) is 10.8. The van der Waals surface area contributed by atoms with Gasteiger partial charge in [-0.15, -0.1) is 0 Å². The van der Waals surface area contributed by atoms with Crippen molar-refractivity contribution < 1.29 is 0 Å². The maximum atomic E-state index is 3.96. The van der Waals surface area contributed by atoms with Gasteiger partial charge < -0.3 is 9.80 Å². The molecule has 0 aromatic heterocycles. The molecule has 0 saturated heterocycles. The van der Waals surface area contributed by atoms with E-state index in [-0.39, 0.29) is 0 Å². The van der Waals surface area contributed by atoms with Gasteiger partial charge in [0.1, 0.15) is 0 Å². The fourth-order valence-corrected chi connectivity index (χ4v) is 5.95. The minimum atomic E-state index is 1.07. The first kappa shape index (κ1) is 27.0. The number of rotatable bonds is 8. The average Bonchev–Trinajstić information content (AvgIpc) is 3.09. The van der Waals surface area contributed by atoms with Gasteiger partial charge in [0.05, 0.1) is 11.4 Å². The highest BCUT2D eigenvalue weighted by Gasteiger charge is 2.19. The molecular formula is C42H32N2. The lowest BCUT2D eigenvalue weighted by atomic mass is 10.0. The quantitative estimate of drug-likeness (QED) is 0.181. The summed E-state index contributed by atoms with van der Waals surface area (Å²) in [6.45, 7) is 7.92. The fourth-order valence-electron chi connectivity index (χ4n) is 5.95. The molecule has 0 amide bonds. The molecule has 0 atom stereocenters. The molecule has 7 rings (SSSR count). The van der Waals surface area contributed by atoms with E-state index >= 15 is 0 Å². The van der Waals surface area contributed by atoms with E-state index < -0.39 is 0 Å². The summed E-state index contributed by atoms with van der Waals surface area (Å²) in [7, 11) is 0. The molecule has 44 heavy (non-hydrogen) atoms. The van der Waals surface area contributed by atoms with Gasteiger partial charge >= 0.3 is 0 Å². The molecule has 0 aliphatic rings. The Morgan fingerprint density at radius 2 is 0.750 bits per heavy atom. The second kappa shape index (κ2) is 11.8. The first-order valence-corrected chi connectivity index (χ1v) is 14.8. The zero-order chi connectivity index (χ0) is 29.9. The Balaban J connectivity index is 1.45. The highest BCUT2D eigenvalue weighted by Crippen LogP contribution is 2.43. The molecule has 0 spiro atoms. The maximum Gasteiger partial charge on any atom is 0.0540 e. The highest BCUT2D eigenvalue weighted by molar-refractivity contribution is 6.01. The number of fused-ring (bicyclic) bond motifs is 2. The summed E-state index contributed by atoms with van der Waals surface area (Å²) in [5, 5.41) is 4.79. The molecule has 210 valence electrons. The summed E-state index contributed by atoms with van der Waals surface area (Å²) in [4.78, 5) is 4.70. The van der Waals surface area contributed by atoms with Crippen LogP contribution >= 0.6 is 0 Å². The minimum absolute atomic E-state index is 1.07. The lowest BCUT2D eigenvalue weighted by molar-refractivity contribution is 1.26. The predicted molar refractivity (Wildman–Crippen MR) is 191 cm³/mol. The third kappa shape index (κ3) is 5.04. The molecule has 0 aliphatic carbocycles. The largest absolute Gasteiger partial charge is 0.310 e. The first-order valence-electron chi connectivity index (χ1n) is 14.8. The molecule has 0 N–H and O–H groups in total. The van der Waals surface area contributed by atoms with Crippen molar-refractivity contribution in [2.24, 2.45) is 0 Å². The number of anilines is 6. The van der Waals surface area contributed by atoms with Crippen LogP contribution in [0.1, 0.15) is 11.1 Å². The van der Waals surface area contributed by atoms with Crippen LogP contribution in [0.2, 0.25) is 0 Å². The van der Waals surface area contributed by atoms with Crippen LogP contribution in [0.3, 0.4) is 0 Å². The van der Waals surface area contributed by atoms with Gasteiger partial charge in [-0.2, -0.15) is 0 Å². The Hall–Kier alpha value is -5.86. The highest BCUT2D eigenvalue weighted by atomic mass is 15.2. The van der Waals surface area contributed by atoms with Gasteiger partial charge in [0.2, 0.25) is 0 Å². The van der Waals surface area contributed by atoms with Gasteiger partial charge in [-0.1, -0.05) is 128 Å². The van der Waals surface area contributed by atoms with Crippen LogP contribution in [0.25, 0.3) is 33.7 Å². The van der Waals surface area contributed by atoms with E-state index in [1.54, 1.807) is 0 Å². The molecule has 0 saturated carbocycles. The van der Waals surface area contributed by atoms with Crippen LogP contribution in [-0.4, -0.2) is 0 Å². The Labute approximate surface area is 259 Å². The molecule has 2 nitrogen and oxygen atoms in total. The van der Waals surface area contributed by atoms with Crippen molar-refractivity contribution in [1.29, 1.82) is 0 Å². The summed E-state index contributed by atoms with van der Waals surface area (Å²) in [6, 6.07) is 56.1. The smallest absolute Gasteiger partial charge is 0.0540 e. The van der Waals surface area contributed by atoms with E-state index in [4.69, 9.17) is 0 Å². The first-order chi connectivity index (χ1) is 21.7. The van der Waals surface area contributed by atoms with Crippen LogP contribution < -0.4 is 9.80 Å². The van der Waals surface area contributed by atoms with E-state index in [0.29, 0.717) is 0 Å². The van der Waals surface area contributed by atoms with Crippen molar-refractivity contribution in [1.82, 2.24) is 0 Å². The van der Waals surface area contributed by atoms with E-state index in [0.717, 1.165) is 45.3 Å². The average molecular weight is 565 g/mol. The van der Waals surface area contributed by atoms with Crippen molar-refractivity contribution >= 4 is 67.8 Å². The molecule has 0 heterocycles. The SMILES string of the molecule is C=Cc1ccc(N(c2cccc(N(c3ccc(C=C)cc3)c3cccc4ccccc34)c2)c2cccc3ccccc23)cc1. The second-order valence-corrected chi connectivity index (χ2v) is 10.8. The van der Waals surface area contributed by atoms with Crippen LogP contribution in [0.5, 0.6) is 0 Å². The van der Waals surface area contributed by atoms with Gasteiger partial charge in [0.25, 0.3) is 0 Å². The molecular weight excluding hydrogens is 532 g/mol. The van der Waals surface area contributed by atoms with Gasteiger partial charge in [-0.05, 0) is 76.5 Å². The van der Waals surface area contributed by atoms with Gasteiger partial charge in [0, 0.05) is 33.5 Å². The predicted octanol–water partition coefficient (Wildman–Crippen LogP) is 12.2. The summed E-state index contributed by atoms with van der Waals surface area (Å²) in [6.07, 6.45) is 3.76. The topological polar surface area (TPSA) is 6.48 Å². The zero-order valence-electron chi connectivity index (χ0n) is 24.5. The maximum absolute atomic E-state index is 3.96. The van der Waals surface area contributed by atoms with Gasteiger partial charge in [-0.25, -0.2) is 0 Å². The van der Waals surface area contributed by atoms with E-state index in [1.165, 1.54) is 21.5 Å². The summed E-state index contributed by atoms with van der Waals surface area (Å²) >= 11 is 0. The Kier molecular flexibility index (Phi) is 7.24. The van der Waals surface area contributed by atoms with Crippen molar-refractivity contribution in [3.05, 3.63) is 182 Å². The number of nitrogens with zero attached hydrogens (tertiary/aromatic N) is 2. The normalized spacial score (nSPS) is 10.9. The van der Waals surface area contributed by atoms with Crippen LogP contribution in [-0.2, 0) is 0 Å². The number of hydrogen-bond acceptors (Lipinski definition) is 2. The lowest BCUT2D eigenvalue weighted by Gasteiger charge is -2.30. The van der Waals surface area contributed by atoms with Crippen molar-refractivity contribution in [3.63, 3.8) is 0 Å². The van der Waals surface area contributed by atoms with Gasteiger partial charge in [0.15, 0.2) is 0 Å². The monoisotopic (exact) mass is 564 g/mol. The third-order valence-corrected chi connectivity index (χ3v) is 8.14. The number of hydrogen-bond donors (Lipinski definition) is 0. The van der Waals surface area contributed by atoms with Crippen LogP contribution in [0.15, 0.2) is 171 Å². The molecule has 0 aliphatic heterocycles.